The van der Waals surface area contributed by atoms with Gasteiger partial charge in [-0.1, -0.05) is 12.8 Å². The van der Waals surface area contributed by atoms with Crippen LogP contribution in [-0.4, -0.2) is 36.7 Å². The number of Topliss-reactive ketones (excluding diaryl/α,β-unsaturated/α-hetero) is 2. The number of esters is 2. The lowest BCUT2D eigenvalue weighted by Gasteiger charge is -2.02. The number of unbranched alkanes of at least 4 members (excludes halogenated alkanes) is 3. The first-order valence-electron chi connectivity index (χ1n) is 6.92. The molecular formula is C14H22O6. The maximum Gasteiger partial charge on any atom is 0.374 e. The highest BCUT2D eigenvalue weighted by molar-refractivity contribution is 6.33. The van der Waals surface area contributed by atoms with Gasteiger partial charge in [-0.15, -0.1) is 0 Å². The van der Waals surface area contributed by atoms with Crippen LogP contribution >= 0.6 is 0 Å². The Labute approximate surface area is 118 Å². The average Bonchev–Trinajstić information content (AvgIpc) is 2.42. The van der Waals surface area contributed by atoms with Gasteiger partial charge in [0.1, 0.15) is 0 Å². The van der Waals surface area contributed by atoms with Crippen molar-refractivity contribution >= 4 is 23.5 Å². The second-order valence-corrected chi connectivity index (χ2v) is 4.20. The fraction of sp³-hybridized carbons (Fsp3) is 0.714. The molecule has 0 atom stereocenters. The molecule has 0 saturated carbocycles. The summed E-state index contributed by atoms with van der Waals surface area (Å²) in [4.78, 5) is 44.5. The number of hydrogen-bond donors (Lipinski definition) is 0. The molecule has 0 aliphatic heterocycles. The van der Waals surface area contributed by atoms with Crippen LogP contribution in [0.3, 0.4) is 0 Å². The van der Waals surface area contributed by atoms with Crippen molar-refractivity contribution in [3.8, 4) is 0 Å². The van der Waals surface area contributed by atoms with Crippen LogP contribution in [0.5, 0.6) is 0 Å². The molecule has 6 heteroatoms. The normalized spacial score (nSPS) is 9.90. The smallest absolute Gasteiger partial charge is 0.374 e. The number of hydrogen-bond acceptors (Lipinski definition) is 6. The summed E-state index contributed by atoms with van der Waals surface area (Å²) in [6.45, 7) is 3.68. The highest BCUT2D eigenvalue weighted by Gasteiger charge is 2.15. The largest absolute Gasteiger partial charge is 0.460 e. The Kier molecular flexibility index (Phi) is 10.2. The van der Waals surface area contributed by atoms with Gasteiger partial charge in [0.15, 0.2) is 0 Å². The Morgan fingerprint density at radius 3 is 1.30 bits per heavy atom. The predicted molar refractivity (Wildman–Crippen MR) is 71.0 cm³/mol. The Hall–Kier alpha value is -1.72. The molecule has 0 aliphatic carbocycles. The monoisotopic (exact) mass is 286 g/mol. The predicted octanol–water partition coefficient (Wildman–Crippen LogP) is 1.59. The molecule has 0 saturated heterocycles. The quantitative estimate of drug-likeness (QED) is 0.326. The topological polar surface area (TPSA) is 86.7 Å². The molecule has 0 heterocycles. The van der Waals surface area contributed by atoms with Gasteiger partial charge in [-0.2, -0.15) is 0 Å². The van der Waals surface area contributed by atoms with Crippen LogP contribution in [0, 0.1) is 0 Å². The molecule has 0 unspecified atom stereocenters. The highest BCUT2D eigenvalue weighted by atomic mass is 16.5. The first-order chi connectivity index (χ1) is 9.52. The van der Waals surface area contributed by atoms with E-state index in [2.05, 4.69) is 9.47 Å². The second kappa shape index (κ2) is 11.1. The van der Waals surface area contributed by atoms with Crippen molar-refractivity contribution in [3.05, 3.63) is 0 Å². The van der Waals surface area contributed by atoms with E-state index in [1.54, 1.807) is 13.8 Å². The van der Waals surface area contributed by atoms with Crippen molar-refractivity contribution in [1.82, 2.24) is 0 Å². The standard InChI is InChI=1S/C14H22O6/c1-3-19-13(17)11(15)9-7-5-6-8-10-12(16)14(18)20-4-2/h3-10H2,1-2H3. The van der Waals surface area contributed by atoms with Crippen molar-refractivity contribution in [2.24, 2.45) is 0 Å². The molecule has 0 aromatic rings. The Bertz CT molecular complexity index is 314. The van der Waals surface area contributed by atoms with Crippen LogP contribution in [-0.2, 0) is 28.7 Å². The zero-order chi connectivity index (χ0) is 15.4. The van der Waals surface area contributed by atoms with E-state index >= 15 is 0 Å². The van der Waals surface area contributed by atoms with E-state index in [-0.39, 0.29) is 26.1 Å². The van der Waals surface area contributed by atoms with Crippen LogP contribution in [0.2, 0.25) is 0 Å². The minimum atomic E-state index is -0.787. The molecule has 0 fully saturated rings. The third-order valence-corrected chi connectivity index (χ3v) is 2.56. The minimum absolute atomic E-state index is 0.157. The zero-order valence-corrected chi connectivity index (χ0v) is 12.1. The third-order valence-electron chi connectivity index (χ3n) is 2.56. The van der Waals surface area contributed by atoms with E-state index in [4.69, 9.17) is 0 Å². The number of rotatable bonds is 11. The summed E-state index contributed by atoms with van der Waals surface area (Å²) in [5, 5.41) is 0. The van der Waals surface area contributed by atoms with Crippen molar-refractivity contribution in [1.29, 1.82) is 0 Å². The van der Waals surface area contributed by atoms with E-state index in [0.29, 0.717) is 12.8 Å². The van der Waals surface area contributed by atoms with Crippen molar-refractivity contribution in [2.45, 2.75) is 52.4 Å². The molecule has 6 nitrogen and oxygen atoms in total. The first kappa shape index (κ1) is 18.3. The molecule has 0 N–H and O–H groups in total. The Morgan fingerprint density at radius 2 is 1.00 bits per heavy atom. The van der Waals surface area contributed by atoms with Crippen molar-refractivity contribution in [3.63, 3.8) is 0 Å². The minimum Gasteiger partial charge on any atom is -0.460 e. The van der Waals surface area contributed by atoms with Crippen molar-refractivity contribution in [2.75, 3.05) is 13.2 Å². The van der Waals surface area contributed by atoms with E-state index in [0.717, 1.165) is 12.8 Å². The maximum absolute atomic E-state index is 11.2. The van der Waals surface area contributed by atoms with Crippen LogP contribution in [0.15, 0.2) is 0 Å². The van der Waals surface area contributed by atoms with Gasteiger partial charge in [-0.3, -0.25) is 9.59 Å². The fourth-order valence-electron chi connectivity index (χ4n) is 1.55. The van der Waals surface area contributed by atoms with Crippen LogP contribution < -0.4 is 0 Å². The van der Waals surface area contributed by atoms with Gasteiger partial charge in [0.05, 0.1) is 13.2 Å². The molecule has 20 heavy (non-hydrogen) atoms. The van der Waals surface area contributed by atoms with Crippen LogP contribution in [0.1, 0.15) is 52.4 Å². The van der Waals surface area contributed by atoms with Gasteiger partial charge >= 0.3 is 11.9 Å². The summed E-state index contributed by atoms with van der Waals surface area (Å²) >= 11 is 0. The van der Waals surface area contributed by atoms with Crippen LogP contribution in [0.4, 0.5) is 0 Å². The van der Waals surface area contributed by atoms with E-state index in [1.165, 1.54) is 0 Å². The molecule has 0 aliphatic rings. The summed E-state index contributed by atoms with van der Waals surface area (Å²) in [6.07, 6.45) is 2.91. The number of carbonyl (C=O) groups excluding carboxylic acids is 4. The van der Waals surface area contributed by atoms with Gasteiger partial charge in [-0.25, -0.2) is 9.59 Å². The van der Waals surface area contributed by atoms with E-state index in [9.17, 15) is 19.2 Å². The molecule has 114 valence electrons. The number of ether oxygens (including phenoxy) is 2. The van der Waals surface area contributed by atoms with Gasteiger partial charge in [0, 0.05) is 12.8 Å². The highest BCUT2D eigenvalue weighted by Crippen LogP contribution is 2.07. The first-order valence-corrected chi connectivity index (χ1v) is 6.92. The molecule has 0 spiro atoms. The summed E-state index contributed by atoms with van der Waals surface area (Å²) < 4.78 is 9.16. The summed E-state index contributed by atoms with van der Waals surface area (Å²) in [6, 6.07) is 0. The summed E-state index contributed by atoms with van der Waals surface area (Å²) in [7, 11) is 0. The lowest BCUT2D eigenvalue weighted by Crippen LogP contribution is -2.17. The molecule has 0 aromatic heterocycles. The number of ketones is 2. The molecule has 0 aromatic carbocycles. The summed E-state index contributed by atoms with van der Waals surface area (Å²) in [5.74, 6) is -2.61. The van der Waals surface area contributed by atoms with Crippen LogP contribution in [0.25, 0.3) is 0 Å². The van der Waals surface area contributed by atoms with Gasteiger partial charge in [-0.05, 0) is 26.7 Å². The molecular weight excluding hydrogens is 264 g/mol. The lowest BCUT2D eigenvalue weighted by atomic mass is 10.1. The Morgan fingerprint density at radius 1 is 0.650 bits per heavy atom. The number of carbonyl (C=O) groups is 4. The van der Waals surface area contributed by atoms with Gasteiger partial charge < -0.3 is 9.47 Å². The van der Waals surface area contributed by atoms with E-state index in [1.807, 2.05) is 0 Å². The lowest BCUT2D eigenvalue weighted by molar-refractivity contribution is -0.153. The van der Waals surface area contributed by atoms with Crippen molar-refractivity contribution < 1.29 is 28.7 Å². The summed E-state index contributed by atoms with van der Waals surface area (Å²) in [5.41, 5.74) is 0. The molecule has 0 rings (SSSR count). The fourth-order valence-corrected chi connectivity index (χ4v) is 1.55. The molecule has 0 radical (unpaired) electrons. The molecule has 0 bridgehead atoms. The zero-order valence-electron chi connectivity index (χ0n) is 12.1. The third kappa shape index (κ3) is 8.39. The maximum atomic E-state index is 11.2. The van der Waals surface area contributed by atoms with E-state index < -0.39 is 23.5 Å². The Balaban J connectivity index is 3.58. The van der Waals surface area contributed by atoms with Gasteiger partial charge in [0.2, 0.25) is 11.6 Å². The molecule has 0 amide bonds. The van der Waals surface area contributed by atoms with Gasteiger partial charge in [0.25, 0.3) is 0 Å². The SMILES string of the molecule is CCOC(=O)C(=O)CCCCCCC(=O)C(=O)OCC. The second-order valence-electron chi connectivity index (χ2n) is 4.20. The average molecular weight is 286 g/mol.